The van der Waals surface area contributed by atoms with Gasteiger partial charge in [0.25, 0.3) is 11.8 Å². The first kappa shape index (κ1) is 22.7. The Morgan fingerprint density at radius 2 is 1.74 bits per heavy atom. The van der Waals surface area contributed by atoms with E-state index < -0.39 is 18.0 Å². The highest BCUT2D eigenvalue weighted by molar-refractivity contribution is 7.16. The number of rotatable bonds is 5. The van der Waals surface area contributed by atoms with Crippen molar-refractivity contribution in [2.24, 2.45) is 0 Å². The molecule has 2 aliphatic rings. The summed E-state index contributed by atoms with van der Waals surface area (Å²) in [5, 5.41) is 2.95. The number of nitrogens with one attached hydrogen (secondary N) is 1. The van der Waals surface area contributed by atoms with E-state index in [1.54, 1.807) is 53.4 Å². The van der Waals surface area contributed by atoms with Crippen molar-refractivity contribution < 1.29 is 23.9 Å². The van der Waals surface area contributed by atoms with Crippen molar-refractivity contribution in [2.45, 2.75) is 25.9 Å². The summed E-state index contributed by atoms with van der Waals surface area (Å²) in [6, 6.07) is 14.0. The summed E-state index contributed by atoms with van der Waals surface area (Å²) in [6.07, 6.45) is -0.736. The third kappa shape index (κ3) is 3.66. The molecule has 178 valence electrons. The molecule has 3 heterocycles. The Balaban J connectivity index is 1.47. The molecule has 0 aliphatic carbocycles. The number of nitrogens with zero attached hydrogens (tertiary/aromatic N) is 3. The number of thiazole rings is 1. The number of benzene rings is 2. The summed E-state index contributed by atoms with van der Waals surface area (Å²) in [6.45, 7) is 3.52. The van der Waals surface area contributed by atoms with Crippen LogP contribution < -0.4 is 10.2 Å². The average Bonchev–Trinajstić information content (AvgIpc) is 3.41. The van der Waals surface area contributed by atoms with Crippen LogP contribution in [0.4, 0.5) is 10.8 Å². The molecule has 2 aliphatic heterocycles. The van der Waals surface area contributed by atoms with Crippen molar-refractivity contribution in [1.82, 2.24) is 9.88 Å². The summed E-state index contributed by atoms with van der Waals surface area (Å²) in [5.74, 6) is -1.64. The SMILES string of the molecule is COC(=O)c1nc(NC(=O)CN2C(=O)c3ccccc3N3C(=O)c4ccccc4[C@@H]23)sc1C(C)C. The number of carbonyl (C=O) groups is 4. The highest BCUT2D eigenvalue weighted by Crippen LogP contribution is 2.45. The lowest BCUT2D eigenvalue weighted by Gasteiger charge is -2.40. The minimum atomic E-state index is -0.736. The van der Waals surface area contributed by atoms with Gasteiger partial charge in [0, 0.05) is 16.0 Å². The molecular formula is C25H22N4O5S. The van der Waals surface area contributed by atoms with Gasteiger partial charge < -0.3 is 15.0 Å². The van der Waals surface area contributed by atoms with E-state index in [2.05, 4.69) is 10.3 Å². The highest BCUT2D eigenvalue weighted by Gasteiger charge is 2.48. The van der Waals surface area contributed by atoms with Gasteiger partial charge in [0.05, 0.1) is 18.4 Å². The first-order valence-electron chi connectivity index (χ1n) is 11.0. The number of esters is 1. The van der Waals surface area contributed by atoms with Crippen molar-refractivity contribution in [1.29, 1.82) is 0 Å². The molecular weight excluding hydrogens is 468 g/mol. The number of carbonyl (C=O) groups excluding carboxylic acids is 4. The van der Waals surface area contributed by atoms with Crippen LogP contribution in [0, 0.1) is 0 Å². The number of methoxy groups -OCH3 is 1. The van der Waals surface area contributed by atoms with Gasteiger partial charge in [-0.1, -0.05) is 44.2 Å². The van der Waals surface area contributed by atoms with Gasteiger partial charge in [-0.05, 0) is 24.1 Å². The summed E-state index contributed by atoms with van der Waals surface area (Å²) < 4.78 is 4.81. The maximum atomic E-state index is 13.5. The van der Waals surface area contributed by atoms with Crippen molar-refractivity contribution in [2.75, 3.05) is 23.9 Å². The van der Waals surface area contributed by atoms with Crippen molar-refractivity contribution >= 4 is 45.8 Å². The fraction of sp³-hybridized carbons (Fsp3) is 0.240. The molecule has 3 aromatic rings. The van der Waals surface area contributed by atoms with Crippen LogP contribution in [-0.4, -0.2) is 47.2 Å². The summed E-state index contributed by atoms with van der Waals surface area (Å²) in [5.41, 5.74) is 2.19. The molecule has 0 saturated carbocycles. The Bertz CT molecular complexity index is 1380. The van der Waals surface area contributed by atoms with Crippen LogP contribution >= 0.6 is 11.3 Å². The van der Waals surface area contributed by atoms with Crippen molar-refractivity contribution in [3.63, 3.8) is 0 Å². The third-order valence-electron chi connectivity index (χ3n) is 6.00. The van der Waals surface area contributed by atoms with E-state index in [1.165, 1.54) is 23.3 Å². The monoisotopic (exact) mass is 490 g/mol. The molecule has 5 rings (SSSR count). The molecule has 0 spiro atoms. The molecule has 1 N–H and O–H groups in total. The van der Waals surface area contributed by atoms with Crippen LogP contribution in [0.5, 0.6) is 0 Å². The molecule has 0 bridgehead atoms. The molecule has 9 nitrogen and oxygen atoms in total. The second-order valence-corrected chi connectivity index (χ2v) is 9.54. The Morgan fingerprint density at radius 3 is 2.46 bits per heavy atom. The minimum Gasteiger partial charge on any atom is -0.464 e. The standard InChI is InChI=1S/C25H22N4O5S/c1-13(2)20-19(24(33)34-3)27-25(35-20)26-18(30)12-28-21-14-8-4-5-9-15(14)23(32)29(21)17-11-7-6-10-16(17)22(28)31/h4-11,13,21H,12H2,1-3H3,(H,26,27,30)/t21-/m0/s1. The molecule has 0 radical (unpaired) electrons. The predicted octanol–water partition coefficient (Wildman–Crippen LogP) is 3.81. The van der Waals surface area contributed by atoms with Crippen molar-refractivity contribution in [3.05, 3.63) is 75.8 Å². The number of amides is 3. The highest BCUT2D eigenvalue weighted by atomic mass is 32.1. The van der Waals surface area contributed by atoms with Crippen LogP contribution in [0.2, 0.25) is 0 Å². The van der Waals surface area contributed by atoms with Crippen LogP contribution in [0.3, 0.4) is 0 Å². The zero-order valence-corrected chi connectivity index (χ0v) is 20.1. The maximum Gasteiger partial charge on any atom is 0.357 e. The fourth-order valence-electron chi connectivity index (χ4n) is 4.47. The van der Waals surface area contributed by atoms with Crippen molar-refractivity contribution in [3.8, 4) is 0 Å². The van der Waals surface area contributed by atoms with Gasteiger partial charge in [-0.25, -0.2) is 9.78 Å². The van der Waals surface area contributed by atoms with E-state index >= 15 is 0 Å². The van der Waals surface area contributed by atoms with Gasteiger partial charge in [-0.15, -0.1) is 11.3 Å². The lowest BCUT2D eigenvalue weighted by Crippen LogP contribution is -2.50. The lowest BCUT2D eigenvalue weighted by atomic mass is 10.0. The first-order chi connectivity index (χ1) is 16.8. The second-order valence-electron chi connectivity index (χ2n) is 8.51. The van der Waals surface area contributed by atoms with E-state index in [0.717, 1.165) is 0 Å². The molecule has 0 fully saturated rings. The van der Waals surface area contributed by atoms with Crippen LogP contribution in [0.25, 0.3) is 0 Å². The predicted molar refractivity (Wildman–Crippen MR) is 130 cm³/mol. The molecule has 1 atom stereocenters. The quantitative estimate of drug-likeness (QED) is 0.545. The van der Waals surface area contributed by atoms with E-state index in [1.807, 2.05) is 13.8 Å². The zero-order valence-electron chi connectivity index (χ0n) is 19.3. The topological polar surface area (TPSA) is 109 Å². The minimum absolute atomic E-state index is 0.00184. The van der Waals surface area contributed by atoms with Crippen LogP contribution in [-0.2, 0) is 9.53 Å². The van der Waals surface area contributed by atoms with Gasteiger partial charge in [-0.3, -0.25) is 19.3 Å². The number of ether oxygens (including phenoxy) is 1. The smallest absolute Gasteiger partial charge is 0.357 e. The van der Waals surface area contributed by atoms with Gasteiger partial charge in [0.2, 0.25) is 5.91 Å². The Kier molecular flexibility index (Phi) is 5.60. The molecule has 0 unspecified atom stereocenters. The van der Waals surface area contributed by atoms with Gasteiger partial charge in [-0.2, -0.15) is 0 Å². The molecule has 1 aromatic heterocycles. The van der Waals surface area contributed by atoms with Gasteiger partial charge in [0.1, 0.15) is 12.7 Å². The number of hydrogen-bond acceptors (Lipinski definition) is 7. The number of anilines is 2. The summed E-state index contributed by atoms with van der Waals surface area (Å²) in [7, 11) is 1.27. The maximum absolute atomic E-state index is 13.5. The molecule has 35 heavy (non-hydrogen) atoms. The normalized spacial score (nSPS) is 16.2. The Labute approximate surface area is 205 Å². The lowest BCUT2D eigenvalue weighted by molar-refractivity contribution is -0.117. The fourth-order valence-corrected chi connectivity index (χ4v) is 5.44. The largest absolute Gasteiger partial charge is 0.464 e. The number of aromatic nitrogens is 1. The Hall–Kier alpha value is -4.05. The zero-order chi connectivity index (χ0) is 24.9. The van der Waals surface area contributed by atoms with E-state index in [0.29, 0.717) is 27.3 Å². The summed E-state index contributed by atoms with van der Waals surface area (Å²) in [4.78, 5) is 59.8. The molecule has 3 amide bonds. The van der Waals surface area contributed by atoms with Crippen LogP contribution in [0.1, 0.15) is 67.6 Å². The van der Waals surface area contributed by atoms with Gasteiger partial charge in [0.15, 0.2) is 10.8 Å². The molecule has 0 saturated heterocycles. The summed E-state index contributed by atoms with van der Waals surface area (Å²) >= 11 is 1.19. The number of para-hydroxylation sites is 1. The number of fused-ring (bicyclic) bond motifs is 5. The van der Waals surface area contributed by atoms with Gasteiger partial charge >= 0.3 is 5.97 Å². The average molecular weight is 491 g/mol. The number of hydrogen-bond donors (Lipinski definition) is 1. The molecule has 10 heteroatoms. The van der Waals surface area contributed by atoms with E-state index in [9.17, 15) is 19.2 Å². The third-order valence-corrected chi connectivity index (χ3v) is 7.27. The van der Waals surface area contributed by atoms with E-state index in [-0.39, 0.29) is 35.1 Å². The van der Waals surface area contributed by atoms with E-state index in [4.69, 9.17) is 4.74 Å². The second kappa shape index (κ2) is 8.62. The van der Waals surface area contributed by atoms with Crippen LogP contribution in [0.15, 0.2) is 48.5 Å². The first-order valence-corrected chi connectivity index (χ1v) is 11.8. The molecule has 2 aromatic carbocycles. The Morgan fingerprint density at radius 1 is 1.06 bits per heavy atom.